The van der Waals surface area contributed by atoms with Crippen molar-refractivity contribution in [1.82, 2.24) is 4.90 Å². The number of amides is 1. The molecule has 1 aliphatic carbocycles. The normalized spacial score (nSPS) is 23.7. The molecule has 1 amide bonds. The molecule has 114 valence electrons. The summed E-state index contributed by atoms with van der Waals surface area (Å²) in [4.78, 5) is 14.2. The molecule has 0 radical (unpaired) electrons. The minimum atomic E-state index is -2.98. The van der Waals surface area contributed by atoms with E-state index in [4.69, 9.17) is 4.74 Å². The molecule has 2 fully saturated rings. The first kappa shape index (κ1) is 14.4. The van der Waals surface area contributed by atoms with Gasteiger partial charge in [0.25, 0.3) is 5.91 Å². The van der Waals surface area contributed by atoms with Crippen LogP contribution in [0.1, 0.15) is 19.3 Å². The number of sulfone groups is 1. The van der Waals surface area contributed by atoms with Crippen LogP contribution in [0, 0.1) is 0 Å². The van der Waals surface area contributed by atoms with Crippen LogP contribution in [0.3, 0.4) is 0 Å². The molecule has 3 rings (SSSR count). The van der Waals surface area contributed by atoms with Crippen LogP contribution in [0.2, 0.25) is 0 Å². The molecule has 6 heteroatoms. The molecule has 0 N–H and O–H groups in total. The van der Waals surface area contributed by atoms with Gasteiger partial charge in [-0.15, -0.1) is 0 Å². The fourth-order valence-corrected chi connectivity index (χ4v) is 4.50. The highest BCUT2D eigenvalue weighted by Gasteiger charge is 2.42. The first-order valence-corrected chi connectivity index (χ1v) is 9.07. The topological polar surface area (TPSA) is 63.7 Å². The Labute approximate surface area is 124 Å². The van der Waals surface area contributed by atoms with Crippen LogP contribution in [0.4, 0.5) is 0 Å². The van der Waals surface area contributed by atoms with E-state index in [9.17, 15) is 13.2 Å². The predicted octanol–water partition coefficient (Wildman–Crippen LogP) is 1.24. The first-order chi connectivity index (χ1) is 10.1. The Morgan fingerprint density at radius 2 is 1.86 bits per heavy atom. The van der Waals surface area contributed by atoms with Crippen molar-refractivity contribution in [3.63, 3.8) is 0 Å². The van der Waals surface area contributed by atoms with Crippen LogP contribution in [0.15, 0.2) is 30.3 Å². The van der Waals surface area contributed by atoms with E-state index in [-0.39, 0.29) is 36.1 Å². The fraction of sp³-hybridized carbons (Fsp3) is 0.533. The number of hydrogen-bond acceptors (Lipinski definition) is 4. The lowest BCUT2D eigenvalue weighted by Crippen LogP contribution is -2.45. The number of ether oxygens (including phenoxy) is 1. The fourth-order valence-electron chi connectivity index (χ4n) is 2.79. The minimum absolute atomic E-state index is 0.0307. The Bertz CT molecular complexity index is 610. The van der Waals surface area contributed by atoms with Crippen molar-refractivity contribution >= 4 is 15.7 Å². The Kier molecular flexibility index (Phi) is 3.89. The third-order valence-electron chi connectivity index (χ3n) is 3.94. The van der Waals surface area contributed by atoms with Crippen molar-refractivity contribution in [2.75, 3.05) is 18.1 Å². The monoisotopic (exact) mass is 309 g/mol. The molecule has 1 unspecified atom stereocenters. The van der Waals surface area contributed by atoms with Gasteiger partial charge in [0.05, 0.1) is 11.5 Å². The zero-order valence-electron chi connectivity index (χ0n) is 11.8. The van der Waals surface area contributed by atoms with Crippen molar-refractivity contribution < 1.29 is 17.9 Å². The molecule has 5 nitrogen and oxygen atoms in total. The molecule has 1 heterocycles. The molecular formula is C15H19NO4S. The average molecular weight is 309 g/mol. The van der Waals surface area contributed by atoms with E-state index in [0.29, 0.717) is 12.2 Å². The summed E-state index contributed by atoms with van der Waals surface area (Å²) in [7, 11) is -2.98. The van der Waals surface area contributed by atoms with Crippen LogP contribution in [-0.2, 0) is 14.6 Å². The lowest BCUT2D eigenvalue weighted by atomic mass is 10.2. The van der Waals surface area contributed by atoms with Gasteiger partial charge in [-0.25, -0.2) is 8.42 Å². The van der Waals surface area contributed by atoms with Gasteiger partial charge in [0.1, 0.15) is 5.75 Å². The molecule has 0 bridgehead atoms. The standard InChI is InChI=1S/C15H19NO4S/c17-15(10-20-14-4-2-1-3-5-14)16(12-6-7-12)13-8-9-21(18,19)11-13/h1-5,12-13H,6-11H2. The zero-order valence-corrected chi connectivity index (χ0v) is 12.6. The maximum atomic E-state index is 12.4. The number of benzene rings is 1. The highest BCUT2D eigenvalue weighted by Crippen LogP contribution is 2.32. The van der Waals surface area contributed by atoms with Crippen molar-refractivity contribution in [3.8, 4) is 5.75 Å². The molecule has 21 heavy (non-hydrogen) atoms. The summed E-state index contributed by atoms with van der Waals surface area (Å²) in [6.07, 6.45) is 2.48. The van der Waals surface area contributed by atoms with Crippen molar-refractivity contribution in [2.45, 2.75) is 31.3 Å². The third kappa shape index (κ3) is 3.56. The van der Waals surface area contributed by atoms with Gasteiger partial charge in [-0.3, -0.25) is 4.79 Å². The molecule has 1 saturated carbocycles. The summed E-state index contributed by atoms with van der Waals surface area (Å²) in [6, 6.07) is 9.21. The molecule has 1 aliphatic heterocycles. The van der Waals surface area contributed by atoms with E-state index < -0.39 is 9.84 Å². The van der Waals surface area contributed by atoms with Gasteiger partial charge in [0, 0.05) is 12.1 Å². The van der Waals surface area contributed by atoms with Gasteiger partial charge in [0.15, 0.2) is 16.4 Å². The van der Waals surface area contributed by atoms with Crippen molar-refractivity contribution in [3.05, 3.63) is 30.3 Å². The summed E-state index contributed by atoms with van der Waals surface area (Å²) >= 11 is 0. The number of para-hydroxylation sites is 1. The molecule has 1 aromatic rings. The van der Waals surface area contributed by atoms with Gasteiger partial charge < -0.3 is 9.64 Å². The smallest absolute Gasteiger partial charge is 0.261 e. The second-order valence-corrected chi connectivity index (χ2v) is 7.92. The van der Waals surface area contributed by atoms with E-state index >= 15 is 0 Å². The second-order valence-electron chi connectivity index (χ2n) is 5.69. The Morgan fingerprint density at radius 3 is 2.43 bits per heavy atom. The number of rotatable bonds is 5. The van der Waals surface area contributed by atoms with Gasteiger partial charge in [-0.2, -0.15) is 0 Å². The van der Waals surface area contributed by atoms with E-state index in [2.05, 4.69) is 0 Å². The lowest BCUT2D eigenvalue weighted by molar-refractivity contribution is -0.135. The van der Waals surface area contributed by atoms with Gasteiger partial charge in [0.2, 0.25) is 0 Å². The molecule has 0 spiro atoms. The van der Waals surface area contributed by atoms with Crippen molar-refractivity contribution in [1.29, 1.82) is 0 Å². The van der Waals surface area contributed by atoms with E-state index in [0.717, 1.165) is 12.8 Å². The Morgan fingerprint density at radius 1 is 1.14 bits per heavy atom. The van der Waals surface area contributed by atoms with E-state index in [1.54, 1.807) is 17.0 Å². The number of carbonyl (C=O) groups excluding carboxylic acids is 1. The zero-order chi connectivity index (χ0) is 14.9. The van der Waals surface area contributed by atoms with Gasteiger partial charge in [-0.1, -0.05) is 18.2 Å². The highest BCUT2D eigenvalue weighted by molar-refractivity contribution is 7.91. The molecular weight excluding hydrogens is 290 g/mol. The Balaban J connectivity index is 1.63. The molecule has 1 aromatic carbocycles. The first-order valence-electron chi connectivity index (χ1n) is 7.24. The largest absolute Gasteiger partial charge is 0.484 e. The summed E-state index contributed by atoms with van der Waals surface area (Å²) in [5, 5.41) is 0. The number of carbonyl (C=O) groups is 1. The van der Waals surface area contributed by atoms with Gasteiger partial charge >= 0.3 is 0 Å². The van der Waals surface area contributed by atoms with Crippen LogP contribution in [-0.4, -0.2) is 49.4 Å². The molecule has 1 saturated heterocycles. The summed E-state index contributed by atoms with van der Waals surface area (Å²) in [6.45, 7) is -0.0307. The maximum absolute atomic E-state index is 12.4. The molecule has 0 aromatic heterocycles. The minimum Gasteiger partial charge on any atom is -0.484 e. The quantitative estimate of drug-likeness (QED) is 0.821. The third-order valence-corrected chi connectivity index (χ3v) is 5.69. The van der Waals surface area contributed by atoms with Crippen LogP contribution in [0.5, 0.6) is 5.75 Å². The number of nitrogens with zero attached hydrogens (tertiary/aromatic N) is 1. The van der Waals surface area contributed by atoms with Crippen LogP contribution >= 0.6 is 0 Å². The van der Waals surface area contributed by atoms with Crippen LogP contribution < -0.4 is 4.74 Å². The molecule has 2 aliphatic rings. The SMILES string of the molecule is O=C(COc1ccccc1)N(C1CC1)C1CCS(=O)(=O)C1. The average Bonchev–Trinajstić information content (AvgIpc) is 3.22. The Hall–Kier alpha value is -1.56. The highest BCUT2D eigenvalue weighted by atomic mass is 32.2. The molecule has 1 atom stereocenters. The summed E-state index contributed by atoms with van der Waals surface area (Å²) < 4.78 is 28.7. The lowest BCUT2D eigenvalue weighted by Gasteiger charge is -2.28. The van der Waals surface area contributed by atoms with E-state index in [1.165, 1.54) is 0 Å². The van der Waals surface area contributed by atoms with Gasteiger partial charge in [-0.05, 0) is 31.4 Å². The maximum Gasteiger partial charge on any atom is 0.261 e. The van der Waals surface area contributed by atoms with Crippen LogP contribution in [0.25, 0.3) is 0 Å². The predicted molar refractivity (Wildman–Crippen MR) is 78.9 cm³/mol. The summed E-state index contributed by atoms with van der Waals surface area (Å²) in [5.74, 6) is 0.831. The van der Waals surface area contributed by atoms with Crippen molar-refractivity contribution in [2.24, 2.45) is 0 Å². The second kappa shape index (κ2) is 5.67. The summed E-state index contributed by atoms with van der Waals surface area (Å²) in [5.41, 5.74) is 0. The number of hydrogen-bond donors (Lipinski definition) is 0. The van der Waals surface area contributed by atoms with E-state index in [1.807, 2.05) is 18.2 Å².